The SMILES string of the molecule is CCCCN1CCN(C(=O)c2nc(-c3ccc(OC)c4nc(C(F)(F)F)ccc34)oc2[C@H](C)N)CC1=O. The number of carbonyl (C=O) groups excluding carboxylic acids is 2. The van der Waals surface area contributed by atoms with E-state index in [9.17, 15) is 22.8 Å². The molecular formula is C25H28F3N5O4. The molecular weight excluding hydrogens is 491 g/mol. The maximum atomic E-state index is 13.4. The zero-order valence-corrected chi connectivity index (χ0v) is 20.8. The van der Waals surface area contributed by atoms with Crippen LogP contribution in [-0.2, 0) is 11.0 Å². The zero-order valence-electron chi connectivity index (χ0n) is 20.8. The van der Waals surface area contributed by atoms with Gasteiger partial charge in [0.25, 0.3) is 5.91 Å². The van der Waals surface area contributed by atoms with Crippen molar-refractivity contribution in [1.82, 2.24) is 19.8 Å². The highest BCUT2D eigenvalue weighted by Crippen LogP contribution is 2.37. The van der Waals surface area contributed by atoms with Gasteiger partial charge in [-0.1, -0.05) is 13.3 Å². The van der Waals surface area contributed by atoms with Crippen molar-refractivity contribution in [2.45, 2.75) is 38.9 Å². The molecule has 1 atom stereocenters. The van der Waals surface area contributed by atoms with Crippen LogP contribution < -0.4 is 10.5 Å². The number of unbranched alkanes of at least 4 members (excludes halogenated alkanes) is 1. The van der Waals surface area contributed by atoms with Gasteiger partial charge in [-0.15, -0.1) is 0 Å². The highest BCUT2D eigenvalue weighted by atomic mass is 19.4. The fourth-order valence-electron chi connectivity index (χ4n) is 4.23. The van der Waals surface area contributed by atoms with Crippen LogP contribution in [0.2, 0.25) is 0 Å². The Morgan fingerprint density at radius 3 is 2.59 bits per heavy atom. The van der Waals surface area contributed by atoms with Crippen molar-refractivity contribution < 1.29 is 31.9 Å². The summed E-state index contributed by atoms with van der Waals surface area (Å²) in [5.74, 6) is -0.394. The van der Waals surface area contributed by atoms with Crippen molar-refractivity contribution in [2.75, 3.05) is 33.3 Å². The number of piperazine rings is 1. The number of nitrogens with two attached hydrogens (primary N) is 1. The van der Waals surface area contributed by atoms with Gasteiger partial charge in [-0.3, -0.25) is 9.59 Å². The molecule has 3 aromatic rings. The minimum Gasteiger partial charge on any atom is -0.494 e. The van der Waals surface area contributed by atoms with Crippen molar-refractivity contribution >= 4 is 22.7 Å². The Hall–Kier alpha value is -3.67. The van der Waals surface area contributed by atoms with Crippen LogP contribution in [0.1, 0.15) is 54.7 Å². The lowest BCUT2D eigenvalue weighted by atomic mass is 10.1. The highest BCUT2D eigenvalue weighted by Gasteiger charge is 2.34. The number of aromatic nitrogens is 2. The number of methoxy groups -OCH3 is 1. The predicted molar refractivity (Wildman–Crippen MR) is 129 cm³/mol. The van der Waals surface area contributed by atoms with Gasteiger partial charge < -0.3 is 24.7 Å². The molecule has 198 valence electrons. The average molecular weight is 520 g/mol. The molecule has 9 nitrogen and oxygen atoms in total. The van der Waals surface area contributed by atoms with E-state index in [0.717, 1.165) is 18.9 Å². The maximum Gasteiger partial charge on any atom is 0.433 e. The van der Waals surface area contributed by atoms with E-state index in [1.165, 1.54) is 24.1 Å². The third-order valence-corrected chi connectivity index (χ3v) is 6.22. The quantitative estimate of drug-likeness (QED) is 0.501. The number of hydrogen-bond acceptors (Lipinski definition) is 7. The first-order valence-electron chi connectivity index (χ1n) is 11.9. The fourth-order valence-corrected chi connectivity index (χ4v) is 4.23. The van der Waals surface area contributed by atoms with Crippen molar-refractivity contribution in [2.24, 2.45) is 5.73 Å². The van der Waals surface area contributed by atoms with E-state index in [1.807, 2.05) is 6.92 Å². The molecule has 4 rings (SSSR count). The summed E-state index contributed by atoms with van der Waals surface area (Å²) in [6.45, 7) is 4.98. The molecule has 0 aliphatic carbocycles. The summed E-state index contributed by atoms with van der Waals surface area (Å²) in [5, 5.41) is 0.295. The minimum atomic E-state index is -4.64. The van der Waals surface area contributed by atoms with Gasteiger partial charge in [0.05, 0.1) is 13.2 Å². The van der Waals surface area contributed by atoms with Gasteiger partial charge >= 0.3 is 6.18 Å². The van der Waals surface area contributed by atoms with E-state index in [-0.39, 0.29) is 41.1 Å². The van der Waals surface area contributed by atoms with Crippen molar-refractivity contribution in [3.05, 3.63) is 41.4 Å². The lowest BCUT2D eigenvalue weighted by Gasteiger charge is -2.34. The van der Waals surface area contributed by atoms with E-state index in [4.69, 9.17) is 14.9 Å². The lowest BCUT2D eigenvalue weighted by molar-refractivity contribution is -0.141. The van der Waals surface area contributed by atoms with Gasteiger partial charge in [0.2, 0.25) is 11.8 Å². The number of halogens is 3. The van der Waals surface area contributed by atoms with Gasteiger partial charge in [-0.05, 0) is 37.6 Å². The number of oxazole rings is 1. The Morgan fingerprint density at radius 1 is 1.22 bits per heavy atom. The van der Waals surface area contributed by atoms with Gasteiger partial charge in [0.1, 0.15) is 23.5 Å². The molecule has 3 heterocycles. The molecule has 12 heteroatoms. The molecule has 0 spiro atoms. The van der Waals surface area contributed by atoms with Gasteiger partial charge in [-0.2, -0.15) is 13.2 Å². The summed E-state index contributed by atoms with van der Waals surface area (Å²) in [7, 11) is 1.33. The van der Waals surface area contributed by atoms with Crippen LogP contribution in [0.15, 0.2) is 28.7 Å². The number of carbonyl (C=O) groups is 2. The number of benzene rings is 1. The molecule has 37 heavy (non-hydrogen) atoms. The lowest BCUT2D eigenvalue weighted by Crippen LogP contribution is -2.52. The number of pyridine rings is 1. The summed E-state index contributed by atoms with van der Waals surface area (Å²) >= 11 is 0. The topological polar surface area (TPSA) is 115 Å². The van der Waals surface area contributed by atoms with Crippen LogP contribution in [0.25, 0.3) is 22.4 Å². The molecule has 1 aromatic carbocycles. The standard InChI is InChI=1S/C25H28F3N5O4/c1-4-5-10-32-11-12-33(13-19(32)34)24(35)21-22(14(2)29)37-23(31-21)16-6-8-17(36-3)20-15(16)7-9-18(30-20)25(26,27)28/h6-9,14H,4-5,10-13,29H2,1-3H3/t14-/m0/s1. The Balaban J connectivity index is 1.72. The highest BCUT2D eigenvalue weighted by molar-refractivity contribution is 5.99. The van der Waals surface area contributed by atoms with E-state index < -0.39 is 23.8 Å². The van der Waals surface area contributed by atoms with Crippen molar-refractivity contribution in [1.29, 1.82) is 0 Å². The molecule has 1 saturated heterocycles. The van der Waals surface area contributed by atoms with E-state index >= 15 is 0 Å². The molecule has 1 fully saturated rings. The smallest absolute Gasteiger partial charge is 0.433 e. The second-order valence-corrected chi connectivity index (χ2v) is 8.89. The first-order chi connectivity index (χ1) is 17.5. The van der Waals surface area contributed by atoms with Crippen LogP contribution >= 0.6 is 0 Å². The predicted octanol–water partition coefficient (Wildman–Crippen LogP) is 4.02. The molecule has 1 aliphatic heterocycles. The molecule has 0 radical (unpaired) electrons. The molecule has 2 amide bonds. The Labute approximate surface area is 211 Å². The van der Waals surface area contributed by atoms with Gasteiger partial charge in [0, 0.05) is 30.6 Å². The Kier molecular flexibility index (Phi) is 7.39. The summed E-state index contributed by atoms with van der Waals surface area (Å²) in [4.78, 5) is 37.2. The number of rotatable bonds is 7. The summed E-state index contributed by atoms with van der Waals surface area (Å²) in [6, 6.07) is 4.43. The van der Waals surface area contributed by atoms with Crippen LogP contribution in [0.3, 0.4) is 0 Å². The van der Waals surface area contributed by atoms with Crippen LogP contribution in [0.5, 0.6) is 5.75 Å². The third kappa shape index (κ3) is 5.24. The van der Waals surface area contributed by atoms with E-state index in [1.54, 1.807) is 17.9 Å². The third-order valence-electron chi connectivity index (χ3n) is 6.22. The van der Waals surface area contributed by atoms with Gasteiger partial charge in [-0.25, -0.2) is 9.97 Å². The van der Waals surface area contributed by atoms with Crippen LogP contribution in [0, 0.1) is 0 Å². The number of fused-ring (bicyclic) bond motifs is 1. The minimum absolute atomic E-state index is 0.00206. The summed E-state index contributed by atoms with van der Waals surface area (Å²) in [5.41, 5.74) is 5.24. The second-order valence-electron chi connectivity index (χ2n) is 8.89. The van der Waals surface area contributed by atoms with E-state index in [2.05, 4.69) is 9.97 Å². The van der Waals surface area contributed by atoms with Crippen LogP contribution in [-0.4, -0.2) is 64.9 Å². The van der Waals surface area contributed by atoms with Crippen LogP contribution in [0.4, 0.5) is 13.2 Å². The fraction of sp³-hybridized carbons (Fsp3) is 0.440. The number of amides is 2. The number of nitrogens with zero attached hydrogens (tertiary/aromatic N) is 4. The van der Waals surface area contributed by atoms with E-state index in [0.29, 0.717) is 30.6 Å². The zero-order chi connectivity index (χ0) is 26.9. The molecule has 2 aromatic heterocycles. The molecule has 1 aliphatic rings. The summed E-state index contributed by atoms with van der Waals surface area (Å²) < 4.78 is 50.9. The average Bonchev–Trinajstić information content (AvgIpc) is 3.31. The largest absolute Gasteiger partial charge is 0.494 e. The molecule has 2 N–H and O–H groups in total. The maximum absolute atomic E-state index is 13.4. The molecule has 0 saturated carbocycles. The Bertz CT molecular complexity index is 1320. The monoisotopic (exact) mass is 519 g/mol. The first-order valence-corrected chi connectivity index (χ1v) is 11.9. The second kappa shape index (κ2) is 10.4. The number of hydrogen-bond donors (Lipinski definition) is 1. The molecule has 0 unspecified atom stereocenters. The Morgan fingerprint density at radius 2 is 1.97 bits per heavy atom. The normalized spacial score (nSPS) is 15.4. The van der Waals surface area contributed by atoms with Gasteiger partial charge in [0.15, 0.2) is 11.5 Å². The van der Waals surface area contributed by atoms with Crippen molar-refractivity contribution in [3.63, 3.8) is 0 Å². The number of alkyl halides is 3. The number of ether oxygens (including phenoxy) is 1. The van der Waals surface area contributed by atoms with Crippen molar-refractivity contribution in [3.8, 4) is 17.2 Å². The summed E-state index contributed by atoms with van der Waals surface area (Å²) in [6.07, 6.45) is -2.80. The molecule has 0 bridgehead atoms. The first kappa shape index (κ1) is 26.4.